The van der Waals surface area contributed by atoms with Gasteiger partial charge >= 0.3 is 0 Å². The Hall–Kier alpha value is -1.74. The standard InChI is InChI=1S/C16H15BrO2/c1-18-15-11-10-14(17)16(19-2)13(15)9-8-12-6-4-3-5-7-12/h3-11H,1-2H3/b9-8+. The SMILES string of the molecule is COc1ccc(Br)c(OC)c1/C=C/c1ccccc1. The first-order valence-electron chi connectivity index (χ1n) is 5.90. The summed E-state index contributed by atoms with van der Waals surface area (Å²) in [5, 5.41) is 0. The molecule has 0 aromatic heterocycles. The van der Waals surface area contributed by atoms with Gasteiger partial charge in [-0.25, -0.2) is 0 Å². The number of halogens is 1. The van der Waals surface area contributed by atoms with Crippen LogP contribution in [0.5, 0.6) is 11.5 Å². The van der Waals surface area contributed by atoms with Crippen LogP contribution in [0.15, 0.2) is 46.9 Å². The molecule has 0 atom stereocenters. The minimum atomic E-state index is 0.770. The maximum absolute atomic E-state index is 5.43. The largest absolute Gasteiger partial charge is 0.496 e. The highest BCUT2D eigenvalue weighted by Gasteiger charge is 2.10. The summed E-state index contributed by atoms with van der Waals surface area (Å²) in [4.78, 5) is 0. The minimum Gasteiger partial charge on any atom is -0.496 e. The van der Waals surface area contributed by atoms with Gasteiger partial charge in [0.05, 0.1) is 24.3 Å². The van der Waals surface area contributed by atoms with Gasteiger partial charge in [-0.1, -0.05) is 36.4 Å². The van der Waals surface area contributed by atoms with Crippen LogP contribution in [0.25, 0.3) is 12.2 Å². The number of benzene rings is 2. The molecule has 0 heterocycles. The van der Waals surface area contributed by atoms with Crippen molar-refractivity contribution in [1.82, 2.24) is 0 Å². The van der Waals surface area contributed by atoms with E-state index in [4.69, 9.17) is 9.47 Å². The van der Waals surface area contributed by atoms with Crippen LogP contribution in [-0.2, 0) is 0 Å². The molecule has 0 N–H and O–H groups in total. The van der Waals surface area contributed by atoms with Crippen molar-refractivity contribution in [2.75, 3.05) is 14.2 Å². The predicted octanol–water partition coefficient (Wildman–Crippen LogP) is 4.64. The lowest BCUT2D eigenvalue weighted by molar-refractivity contribution is 0.391. The first-order valence-corrected chi connectivity index (χ1v) is 6.69. The number of ether oxygens (including phenoxy) is 2. The average molecular weight is 319 g/mol. The summed E-state index contributed by atoms with van der Waals surface area (Å²) in [6, 6.07) is 13.9. The molecule has 2 rings (SSSR count). The van der Waals surface area contributed by atoms with Crippen molar-refractivity contribution in [2.24, 2.45) is 0 Å². The molecule has 2 aromatic rings. The summed E-state index contributed by atoms with van der Waals surface area (Å²) in [6.45, 7) is 0. The third-order valence-electron chi connectivity index (χ3n) is 2.77. The molecule has 0 radical (unpaired) electrons. The summed E-state index contributed by atoms with van der Waals surface area (Å²) in [5.41, 5.74) is 2.05. The normalized spacial score (nSPS) is 10.7. The molecule has 0 aliphatic rings. The Kier molecular flexibility index (Phi) is 4.63. The highest BCUT2D eigenvalue weighted by molar-refractivity contribution is 9.10. The van der Waals surface area contributed by atoms with Crippen molar-refractivity contribution in [3.63, 3.8) is 0 Å². The first-order chi connectivity index (χ1) is 9.26. The van der Waals surface area contributed by atoms with Gasteiger partial charge in [-0.3, -0.25) is 0 Å². The van der Waals surface area contributed by atoms with Gasteiger partial charge < -0.3 is 9.47 Å². The Morgan fingerprint density at radius 2 is 1.63 bits per heavy atom. The molecular weight excluding hydrogens is 304 g/mol. The molecule has 0 bridgehead atoms. The zero-order valence-electron chi connectivity index (χ0n) is 10.9. The van der Waals surface area contributed by atoms with E-state index < -0.39 is 0 Å². The third-order valence-corrected chi connectivity index (χ3v) is 3.40. The molecule has 0 amide bonds. The maximum atomic E-state index is 5.43. The molecule has 19 heavy (non-hydrogen) atoms. The molecule has 98 valence electrons. The van der Waals surface area contributed by atoms with Crippen molar-refractivity contribution in [1.29, 1.82) is 0 Å². The smallest absolute Gasteiger partial charge is 0.143 e. The van der Waals surface area contributed by atoms with Crippen molar-refractivity contribution >= 4 is 28.1 Å². The van der Waals surface area contributed by atoms with Gasteiger partial charge in [-0.15, -0.1) is 0 Å². The summed E-state index contributed by atoms with van der Waals surface area (Å²) in [6.07, 6.45) is 4.03. The molecule has 0 fully saturated rings. The molecule has 2 nitrogen and oxygen atoms in total. The summed E-state index contributed by atoms with van der Waals surface area (Å²) < 4.78 is 11.7. The van der Waals surface area contributed by atoms with E-state index in [2.05, 4.69) is 15.9 Å². The number of hydrogen-bond donors (Lipinski definition) is 0. The number of hydrogen-bond acceptors (Lipinski definition) is 2. The van der Waals surface area contributed by atoms with Gasteiger partial charge in [-0.05, 0) is 39.7 Å². The fourth-order valence-electron chi connectivity index (χ4n) is 1.84. The first kappa shape index (κ1) is 13.7. The second-order valence-electron chi connectivity index (χ2n) is 3.94. The highest BCUT2D eigenvalue weighted by atomic mass is 79.9. The Morgan fingerprint density at radius 3 is 2.26 bits per heavy atom. The van der Waals surface area contributed by atoms with Crippen molar-refractivity contribution in [2.45, 2.75) is 0 Å². The lowest BCUT2D eigenvalue weighted by Crippen LogP contribution is -1.93. The summed E-state index contributed by atoms with van der Waals surface area (Å²) in [5.74, 6) is 1.55. The molecule has 3 heteroatoms. The van der Waals surface area contributed by atoms with Crippen LogP contribution in [0.1, 0.15) is 11.1 Å². The fourth-order valence-corrected chi connectivity index (χ4v) is 2.35. The summed E-state index contributed by atoms with van der Waals surface area (Å²) >= 11 is 3.48. The Labute approximate surface area is 121 Å². The van der Waals surface area contributed by atoms with Crippen molar-refractivity contribution in [3.05, 3.63) is 58.1 Å². The van der Waals surface area contributed by atoms with E-state index in [1.807, 2.05) is 54.6 Å². The molecule has 0 saturated heterocycles. The van der Waals surface area contributed by atoms with E-state index in [1.165, 1.54) is 0 Å². The molecular formula is C16H15BrO2. The van der Waals surface area contributed by atoms with E-state index in [0.717, 1.165) is 27.1 Å². The van der Waals surface area contributed by atoms with Gasteiger partial charge in [0.1, 0.15) is 11.5 Å². The molecule has 0 unspecified atom stereocenters. The zero-order chi connectivity index (χ0) is 13.7. The van der Waals surface area contributed by atoms with Crippen LogP contribution in [0.4, 0.5) is 0 Å². The molecule has 0 aliphatic carbocycles. The van der Waals surface area contributed by atoms with E-state index in [-0.39, 0.29) is 0 Å². The van der Waals surface area contributed by atoms with Gasteiger partial charge in [-0.2, -0.15) is 0 Å². The lowest BCUT2D eigenvalue weighted by atomic mass is 10.1. The van der Waals surface area contributed by atoms with Gasteiger partial charge in [0.15, 0.2) is 0 Å². The highest BCUT2D eigenvalue weighted by Crippen LogP contribution is 2.36. The average Bonchev–Trinajstić information content (AvgIpc) is 2.46. The Bertz CT molecular complexity index is 577. The van der Waals surface area contributed by atoms with E-state index in [0.29, 0.717) is 0 Å². The molecule has 0 aliphatic heterocycles. The zero-order valence-corrected chi connectivity index (χ0v) is 12.5. The fraction of sp³-hybridized carbons (Fsp3) is 0.125. The molecule has 0 spiro atoms. The van der Waals surface area contributed by atoms with Crippen LogP contribution in [0.2, 0.25) is 0 Å². The van der Waals surface area contributed by atoms with Crippen LogP contribution in [-0.4, -0.2) is 14.2 Å². The Balaban J connectivity index is 2.43. The second kappa shape index (κ2) is 6.43. The second-order valence-corrected chi connectivity index (χ2v) is 4.79. The van der Waals surface area contributed by atoms with E-state index >= 15 is 0 Å². The van der Waals surface area contributed by atoms with Crippen LogP contribution < -0.4 is 9.47 Å². The lowest BCUT2D eigenvalue weighted by Gasteiger charge is -2.11. The number of rotatable bonds is 4. The van der Waals surface area contributed by atoms with Gasteiger partial charge in [0, 0.05) is 0 Å². The predicted molar refractivity (Wildman–Crippen MR) is 82.6 cm³/mol. The third kappa shape index (κ3) is 3.18. The van der Waals surface area contributed by atoms with Crippen molar-refractivity contribution < 1.29 is 9.47 Å². The van der Waals surface area contributed by atoms with Crippen LogP contribution >= 0.6 is 15.9 Å². The summed E-state index contributed by atoms with van der Waals surface area (Å²) in [7, 11) is 3.31. The van der Waals surface area contributed by atoms with Gasteiger partial charge in [0.25, 0.3) is 0 Å². The minimum absolute atomic E-state index is 0.770. The van der Waals surface area contributed by atoms with Crippen LogP contribution in [0, 0.1) is 0 Å². The van der Waals surface area contributed by atoms with Crippen molar-refractivity contribution in [3.8, 4) is 11.5 Å². The van der Waals surface area contributed by atoms with Gasteiger partial charge in [0.2, 0.25) is 0 Å². The van der Waals surface area contributed by atoms with E-state index in [1.54, 1.807) is 14.2 Å². The topological polar surface area (TPSA) is 18.5 Å². The monoisotopic (exact) mass is 318 g/mol. The Morgan fingerprint density at radius 1 is 0.895 bits per heavy atom. The van der Waals surface area contributed by atoms with Crippen LogP contribution in [0.3, 0.4) is 0 Å². The number of methoxy groups -OCH3 is 2. The maximum Gasteiger partial charge on any atom is 0.143 e. The van der Waals surface area contributed by atoms with E-state index in [9.17, 15) is 0 Å². The quantitative estimate of drug-likeness (QED) is 0.765. The molecule has 2 aromatic carbocycles. The molecule has 0 saturated carbocycles.